The Morgan fingerprint density at radius 3 is 2.64 bits per heavy atom. The molecule has 5 rings (SSSR count). The Hall–Kier alpha value is -4.47. The predicted molar refractivity (Wildman–Crippen MR) is 117 cm³/mol. The maximum Gasteiger partial charge on any atom is 0.333 e. The topological polar surface area (TPSA) is 104 Å². The van der Waals surface area contributed by atoms with Crippen molar-refractivity contribution >= 4 is 22.6 Å². The average molecular weight is 448 g/mol. The van der Waals surface area contributed by atoms with E-state index in [0.717, 1.165) is 9.13 Å². The molecule has 0 unspecified atom stereocenters. The molecule has 2 aromatic heterocycles. The third-order valence-electron chi connectivity index (χ3n) is 5.19. The molecule has 1 aliphatic rings. The highest BCUT2D eigenvalue weighted by Crippen LogP contribution is 2.32. The summed E-state index contributed by atoms with van der Waals surface area (Å²) in [6.07, 6.45) is 1.44. The number of nitrogens with one attached hydrogen (secondary N) is 1. The van der Waals surface area contributed by atoms with Crippen molar-refractivity contribution in [1.82, 2.24) is 14.1 Å². The molecule has 0 spiro atoms. The van der Waals surface area contributed by atoms with Crippen LogP contribution in [0, 0.1) is 5.82 Å². The zero-order chi connectivity index (χ0) is 22.9. The number of pyridine rings is 1. The van der Waals surface area contributed by atoms with Crippen molar-refractivity contribution in [3.8, 4) is 11.5 Å². The zero-order valence-corrected chi connectivity index (χ0v) is 17.2. The van der Waals surface area contributed by atoms with E-state index in [-0.39, 0.29) is 30.9 Å². The molecule has 9 nitrogen and oxygen atoms in total. The van der Waals surface area contributed by atoms with Crippen LogP contribution < -0.4 is 26.0 Å². The van der Waals surface area contributed by atoms with Crippen LogP contribution >= 0.6 is 0 Å². The molecule has 0 saturated carbocycles. The molecule has 0 fully saturated rings. The summed E-state index contributed by atoms with van der Waals surface area (Å²) in [5, 5.41) is 2.81. The number of anilines is 1. The van der Waals surface area contributed by atoms with Crippen molar-refractivity contribution in [2.75, 3.05) is 12.1 Å². The Labute approximate surface area is 185 Å². The van der Waals surface area contributed by atoms with E-state index in [1.165, 1.54) is 30.5 Å². The normalized spacial score (nSPS) is 12.2. The summed E-state index contributed by atoms with van der Waals surface area (Å²) in [7, 11) is 0. The van der Waals surface area contributed by atoms with Gasteiger partial charge in [-0.05, 0) is 54.1 Å². The number of aromatic nitrogens is 3. The first-order valence-electron chi connectivity index (χ1n) is 10.0. The lowest BCUT2D eigenvalue weighted by atomic mass is 10.2. The average Bonchev–Trinajstić information content (AvgIpc) is 3.29. The number of fused-ring (bicyclic) bond motifs is 2. The van der Waals surface area contributed by atoms with Gasteiger partial charge in [0.1, 0.15) is 18.0 Å². The van der Waals surface area contributed by atoms with Gasteiger partial charge in [0.2, 0.25) is 12.7 Å². The number of rotatable bonds is 5. The molecule has 3 heterocycles. The molecule has 10 heteroatoms. The molecular weight excluding hydrogens is 431 g/mol. The fourth-order valence-corrected chi connectivity index (χ4v) is 3.63. The number of halogens is 1. The number of hydrogen-bond donors (Lipinski definition) is 1. The number of carbonyl (C=O) groups excluding carboxylic acids is 1. The number of ether oxygens (including phenoxy) is 2. The highest BCUT2D eigenvalue weighted by Gasteiger charge is 2.18. The summed E-state index contributed by atoms with van der Waals surface area (Å²) in [5.41, 5.74) is -0.0674. The first kappa shape index (κ1) is 20.4. The van der Waals surface area contributed by atoms with Crippen LogP contribution in [0.2, 0.25) is 0 Å². The van der Waals surface area contributed by atoms with Gasteiger partial charge in [0.05, 0.1) is 11.9 Å². The summed E-state index contributed by atoms with van der Waals surface area (Å²) >= 11 is 0. The Morgan fingerprint density at radius 1 is 1.03 bits per heavy atom. The molecule has 1 amide bonds. The number of carbonyl (C=O) groups is 1. The Morgan fingerprint density at radius 2 is 1.82 bits per heavy atom. The minimum Gasteiger partial charge on any atom is -0.454 e. The van der Waals surface area contributed by atoms with E-state index in [4.69, 9.17) is 9.47 Å². The van der Waals surface area contributed by atoms with Crippen LogP contribution in [-0.4, -0.2) is 26.8 Å². The highest BCUT2D eigenvalue weighted by atomic mass is 19.1. The smallest absolute Gasteiger partial charge is 0.333 e. The molecule has 1 N–H and O–H groups in total. The van der Waals surface area contributed by atoms with Crippen molar-refractivity contribution in [2.24, 2.45) is 0 Å². The minimum absolute atomic E-state index is 0.0290. The first-order chi connectivity index (χ1) is 16.0. The monoisotopic (exact) mass is 448 g/mol. The fourth-order valence-electron chi connectivity index (χ4n) is 3.63. The SMILES string of the molecule is O=C(Cn1c(=O)n(Cc2ccc3c(c2)OCO3)c(=O)c2cccnc21)Nc1ccc(F)cc1. The van der Waals surface area contributed by atoms with E-state index in [1.807, 2.05) is 0 Å². The second kappa shape index (κ2) is 8.23. The molecule has 2 aromatic carbocycles. The van der Waals surface area contributed by atoms with E-state index in [0.29, 0.717) is 22.7 Å². The van der Waals surface area contributed by atoms with Gasteiger partial charge in [-0.1, -0.05) is 6.07 Å². The number of nitrogens with zero attached hydrogens (tertiary/aromatic N) is 3. The first-order valence-corrected chi connectivity index (χ1v) is 10.0. The molecule has 33 heavy (non-hydrogen) atoms. The van der Waals surface area contributed by atoms with E-state index < -0.39 is 23.0 Å². The summed E-state index contributed by atoms with van der Waals surface area (Å²) < 4.78 is 26.0. The summed E-state index contributed by atoms with van der Waals surface area (Å²) in [5.74, 6) is 0.157. The van der Waals surface area contributed by atoms with Crippen molar-refractivity contribution in [2.45, 2.75) is 13.1 Å². The molecule has 0 bridgehead atoms. The number of benzene rings is 2. The van der Waals surface area contributed by atoms with Crippen LogP contribution in [0.4, 0.5) is 10.1 Å². The van der Waals surface area contributed by atoms with Gasteiger partial charge >= 0.3 is 5.69 Å². The zero-order valence-electron chi connectivity index (χ0n) is 17.2. The third kappa shape index (κ3) is 3.93. The summed E-state index contributed by atoms with van der Waals surface area (Å²) in [6.45, 7) is -0.305. The summed E-state index contributed by atoms with van der Waals surface area (Å²) in [4.78, 5) is 43.1. The van der Waals surface area contributed by atoms with Crippen molar-refractivity contribution in [1.29, 1.82) is 0 Å². The molecule has 4 aromatic rings. The molecule has 0 aliphatic carbocycles. The molecule has 0 atom stereocenters. The molecule has 0 saturated heterocycles. The van der Waals surface area contributed by atoms with E-state index in [9.17, 15) is 18.8 Å². The van der Waals surface area contributed by atoms with E-state index >= 15 is 0 Å². The lowest BCUT2D eigenvalue weighted by Crippen LogP contribution is -2.42. The number of hydrogen-bond acceptors (Lipinski definition) is 6. The lowest BCUT2D eigenvalue weighted by Gasteiger charge is -2.14. The molecule has 1 aliphatic heterocycles. The van der Waals surface area contributed by atoms with Crippen LogP contribution in [0.3, 0.4) is 0 Å². The maximum atomic E-state index is 13.3. The molecule has 166 valence electrons. The van der Waals surface area contributed by atoms with Gasteiger partial charge in [0.25, 0.3) is 5.56 Å². The van der Waals surface area contributed by atoms with Gasteiger partial charge < -0.3 is 14.8 Å². The molecule has 0 radical (unpaired) electrons. The largest absolute Gasteiger partial charge is 0.454 e. The van der Waals surface area contributed by atoms with Gasteiger partial charge in [-0.2, -0.15) is 0 Å². The predicted octanol–water partition coefficient (Wildman–Crippen LogP) is 2.11. The third-order valence-corrected chi connectivity index (χ3v) is 5.19. The highest BCUT2D eigenvalue weighted by molar-refractivity contribution is 5.91. The summed E-state index contributed by atoms with van der Waals surface area (Å²) in [6, 6.07) is 13.5. The van der Waals surface area contributed by atoms with Crippen LogP contribution in [-0.2, 0) is 17.9 Å². The maximum absolute atomic E-state index is 13.3. The van der Waals surface area contributed by atoms with E-state index in [2.05, 4.69) is 10.3 Å². The van der Waals surface area contributed by atoms with Gasteiger partial charge in [0, 0.05) is 11.9 Å². The Balaban J connectivity index is 1.52. The van der Waals surface area contributed by atoms with E-state index in [1.54, 1.807) is 30.3 Å². The van der Waals surface area contributed by atoms with Crippen molar-refractivity contribution < 1.29 is 18.7 Å². The fraction of sp³-hybridized carbons (Fsp3) is 0.130. The standard InChI is InChI=1S/C23H17FN4O5/c24-15-4-6-16(7-5-15)26-20(29)12-27-21-17(2-1-9-25-21)22(30)28(23(27)31)11-14-3-8-18-19(10-14)33-13-32-18/h1-10H,11-13H2,(H,26,29). The van der Waals surface area contributed by atoms with Crippen LogP contribution in [0.5, 0.6) is 11.5 Å². The van der Waals surface area contributed by atoms with Crippen LogP contribution in [0.15, 0.2) is 70.4 Å². The Bertz CT molecular complexity index is 1490. The van der Waals surface area contributed by atoms with Gasteiger partial charge in [-0.25, -0.2) is 14.2 Å². The van der Waals surface area contributed by atoms with Gasteiger partial charge in [-0.3, -0.25) is 18.7 Å². The Kier molecular flexibility index (Phi) is 5.09. The number of amides is 1. The molecular formula is C23H17FN4O5. The quantitative estimate of drug-likeness (QED) is 0.502. The van der Waals surface area contributed by atoms with Gasteiger partial charge in [0.15, 0.2) is 11.5 Å². The van der Waals surface area contributed by atoms with Crippen LogP contribution in [0.25, 0.3) is 11.0 Å². The van der Waals surface area contributed by atoms with Crippen molar-refractivity contribution in [3.05, 3.63) is 93.0 Å². The second-order valence-corrected chi connectivity index (χ2v) is 7.38. The van der Waals surface area contributed by atoms with Crippen molar-refractivity contribution in [3.63, 3.8) is 0 Å². The second-order valence-electron chi connectivity index (χ2n) is 7.38. The lowest BCUT2D eigenvalue weighted by molar-refractivity contribution is -0.116. The van der Waals surface area contributed by atoms with Crippen LogP contribution in [0.1, 0.15) is 5.56 Å². The minimum atomic E-state index is -0.682. The van der Waals surface area contributed by atoms with Gasteiger partial charge in [-0.15, -0.1) is 0 Å².